The largest absolute Gasteiger partial charge is 0.479 e. The third kappa shape index (κ3) is 14.0. The molecule has 0 fully saturated rings. The van der Waals surface area contributed by atoms with Gasteiger partial charge in [0.15, 0.2) is 0 Å². The number of alkyl halides is 1. The van der Waals surface area contributed by atoms with E-state index in [-0.39, 0.29) is 30.8 Å². The quantitative estimate of drug-likeness (QED) is 0.147. The van der Waals surface area contributed by atoms with Crippen LogP contribution in [0.2, 0.25) is 0 Å². The lowest BCUT2D eigenvalue weighted by Gasteiger charge is -2.28. The SMILES string of the molecule is C=NC/C(=N\C(=N/C(C)N(C)C(C)/C=C\C/C=C\C)NC)OCCCC(C)(CF)CC(C)C. The minimum absolute atomic E-state index is 0.0863. The Morgan fingerprint density at radius 2 is 1.94 bits per heavy atom. The molecule has 190 valence electrons. The molecule has 0 rings (SSSR count). The van der Waals surface area contributed by atoms with Crippen molar-refractivity contribution in [1.82, 2.24) is 10.2 Å². The summed E-state index contributed by atoms with van der Waals surface area (Å²) >= 11 is 0. The summed E-state index contributed by atoms with van der Waals surface area (Å²) in [5.41, 5.74) is -0.304. The number of ether oxygens (including phenoxy) is 1. The Morgan fingerprint density at radius 3 is 2.48 bits per heavy atom. The van der Waals surface area contributed by atoms with Gasteiger partial charge in [0.05, 0.1) is 13.3 Å². The molecule has 0 aliphatic heterocycles. The molecule has 0 aliphatic carbocycles. The van der Waals surface area contributed by atoms with Crippen molar-refractivity contribution in [3.63, 3.8) is 0 Å². The average molecular weight is 466 g/mol. The molecular formula is C26H48FN5O. The standard InChI is InChI=1S/C26H48FN5O/c1-10-11-12-13-15-22(4)32(9)23(5)30-25(29-8)31-24(19-28-7)33-17-14-16-26(6,20-27)18-21(2)3/h10-11,13,15,21-23H,7,12,14,16-20H2,1-6,8-9H3,(H,29,30)/b11-10-,15-13-,31-24+. The van der Waals surface area contributed by atoms with Crippen molar-refractivity contribution in [2.45, 2.75) is 79.4 Å². The molecule has 3 unspecified atom stereocenters. The van der Waals surface area contributed by atoms with Crippen LogP contribution in [0, 0.1) is 11.3 Å². The summed E-state index contributed by atoms with van der Waals surface area (Å²) in [5.74, 6) is 1.40. The summed E-state index contributed by atoms with van der Waals surface area (Å²) in [7, 11) is 3.82. The average Bonchev–Trinajstić information content (AvgIpc) is 2.77. The van der Waals surface area contributed by atoms with Crippen molar-refractivity contribution >= 4 is 18.6 Å². The predicted molar refractivity (Wildman–Crippen MR) is 142 cm³/mol. The van der Waals surface area contributed by atoms with E-state index in [4.69, 9.17) is 9.73 Å². The van der Waals surface area contributed by atoms with Crippen molar-refractivity contribution in [3.05, 3.63) is 24.3 Å². The number of hydrogen-bond acceptors (Lipinski definition) is 4. The van der Waals surface area contributed by atoms with Gasteiger partial charge < -0.3 is 10.1 Å². The molecule has 0 amide bonds. The smallest absolute Gasteiger partial charge is 0.222 e. The number of nitrogens with one attached hydrogen (secondary N) is 1. The molecular weight excluding hydrogens is 417 g/mol. The first-order valence-corrected chi connectivity index (χ1v) is 12.1. The molecule has 0 aromatic carbocycles. The molecule has 0 spiro atoms. The first-order valence-electron chi connectivity index (χ1n) is 12.1. The zero-order valence-corrected chi connectivity index (χ0v) is 22.3. The van der Waals surface area contributed by atoms with Gasteiger partial charge in [-0.05, 0) is 71.6 Å². The number of aliphatic imine (C=N–C) groups is 3. The van der Waals surface area contributed by atoms with Gasteiger partial charge >= 0.3 is 0 Å². The maximum Gasteiger partial charge on any atom is 0.222 e. The van der Waals surface area contributed by atoms with Crippen LogP contribution in [0.5, 0.6) is 0 Å². The van der Waals surface area contributed by atoms with E-state index < -0.39 is 0 Å². The number of likely N-dealkylation sites (N-methyl/N-ethyl adjacent to an activating group) is 1. The number of halogens is 1. The molecule has 0 aliphatic rings. The van der Waals surface area contributed by atoms with Gasteiger partial charge in [-0.25, -0.2) is 4.99 Å². The van der Waals surface area contributed by atoms with Crippen molar-refractivity contribution in [1.29, 1.82) is 0 Å². The molecule has 0 bridgehead atoms. The Labute approximate surface area is 202 Å². The number of allylic oxidation sites excluding steroid dienone is 3. The fourth-order valence-electron chi connectivity index (χ4n) is 3.61. The topological polar surface area (TPSA) is 61.6 Å². The van der Waals surface area contributed by atoms with E-state index in [0.29, 0.717) is 24.4 Å². The fourth-order valence-corrected chi connectivity index (χ4v) is 3.61. The van der Waals surface area contributed by atoms with E-state index in [2.05, 4.69) is 65.9 Å². The second-order valence-corrected chi connectivity index (χ2v) is 9.36. The van der Waals surface area contributed by atoms with Crippen LogP contribution < -0.4 is 5.32 Å². The van der Waals surface area contributed by atoms with Crippen LogP contribution >= 0.6 is 0 Å². The highest BCUT2D eigenvalue weighted by Crippen LogP contribution is 2.31. The van der Waals surface area contributed by atoms with Crippen LogP contribution in [0.25, 0.3) is 0 Å². The van der Waals surface area contributed by atoms with E-state index >= 15 is 0 Å². The number of guanidine groups is 1. The lowest BCUT2D eigenvalue weighted by molar-refractivity contribution is 0.156. The first kappa shape index (κ1) is 31.0. The molecule has 0 aromatic heterocycles. The summed E-state index contributed by atoms with van der Waals surface area (Å²) in [6.07, 6.45) is 11.7. The first-order chi connectivity index (χ1) is 15.6. The molecule has 7 heteroatoms. The third-order valence-electron chi connectivity index (χ3n) is 5.58. The lowest BCUT2D eigenvalue weighted by Crippen LogP contribution is -2.36. The monoisotopic (exact) mass is 465 g/mol. The van der Waals surface area contributed by atoms with Crippen molar-refractivity contribution in [3.8, 4) is 0 Å². The summed E-state index contributed by atoms with van der Waals surface area (Å²) in [5, 5.41) is 3.04. The van der Waals surface area contributed by atoms with Gasteiger partial charge in [-0.2, -0.15) is 4.99 Å². The highest BCUT2D eigenvalue weighted by atomic mass is 19.1. The fraction of sp³-hybridized carbons (Fsp3) is 0.731. The van der Waals surface area contributed by atoms with Crippen LogP contribution in [0.15, 0.2) is 39.3 Å². The van der Waals surface area contributed by atoms with Crippen LogP contribution in [0.3, 0.4) is 0 Å². The lowest BCUT2D eigenvalue weighted by atomic mass is 9.79. The minimum Gasteiger partial charge on any atom is -0.479 e. The van der Waals surface area contributed by atoms with Crippen molar-refractivity contribution in [2.24, 2.45) is 26.3 Å². The summed E-state index contributed by atoms with van der Waals surface area (Å²) in [6.45, 7) is 16.4. The van der Waals surface area contributed by atoms with Crippen LogP contribution in [0.4, 0.5) is 4.39 Å². The second kappa shape index (κ2) is 17.5. The van der Waals surface area contributed by atoms with Gasteiger partial charge in [-0.3, -0.25) is 14.3 Å². The molecule has 3 atom stereocenters. The van der Waals surface area contributed by atoms with Gasteiger partial charge in [0, 0.05) is 13.1 Å². The summed E-state index contributed by atoms with van der Waals surface area (Å²) < 4.78 is 19.4. The van der Waals surface area contributed by atoms with Crippen molar-refractivity contribution in [2.75, 3.05) is 33.9 Å². The molecule has 0 aromatic rings. The van der Waals surface area contributed by atoms with Gasteiger partial charge in [-0.1, -0.05) is 45.1 Å². The van der Waals surface area contributed by atoms with Crippen LogP contribution in [0.1, 0.15) is 67.2 Å². The summed E-state index contributed by atoms with van der Waals surface area (Å²) in [6, 6.07) is 0.234. The molecule has 6 nitrogen and oxygen atoms in total. The van der Waals surface area contributed by atoms with E-state index in [9.17, 15) is 4.39 Å². The Balaban J connectivity index is 5.08. The molecule has 0 saturated carbocycles. The van der Waals surface area contributed by atoms with E-state index in [1.807, 2.05) is 33.9 Å². The third-order valence-corrected chi connectivity index (χ3v) is 5.58. The molecule has 0 heterocycles. The van der Waals surface area contributed by atoms with Gasteiger partial charge in [-0.15, -0.1) is 0 Å². The van der Waals surface area contributed by atoms with E-state index in [1.54, 1.807) is 7.05 Å². The minimum atomic E-state index is -0.314. The Morgan fingerprint density at radius 1 is 1.24 bits per heavy atom. The number of hydrogen-bond donors (Lipinski definition) is 1. The Kier molecular flexibility index (Phi) is 16.4. The molecule has 1 N–H and O–H groups in total. The number of nitrogens with zero attached hydrogens (tertiary/aromatic N) is 4. The predicted octanol–water partition coefficient (Wildman–Crippen LogP) is 5.67. The van der Waals surface area contributed by atoms with E-state index in [1.165, 1.54) is 0 Å². The highest BCUT2D eigenvalue weighted by molar-refractivity contribution is 5.94. The molecule has 0 saturated heterocycles. The maximum absolute atomic E-state index is 13.6. The Hall–Kier alpha value is -2.02. The second-order valence-electron chi connectivity index (χ2n) is 9.36. The van der Waals surface area contributed by atoms with Gasteiger partial charge in [0.25, 0.3) is 0 Å². The molecule has 0 radical (unpaired) electrons. The summed E-state index contributed by atoms with van der Waals surface area (Å²) in [4.78, 5) is 15.3. The normalized spacial score (nSPS) is 17.1. The van der Waals surface area contributed by atoms with Crippen LogP contribution in [-0.2, 0) is 4.74 Å². The van der Waals surface area contributed by atoms with Crippen LogP contribution in [-0.4, -0.2) is 69.6 Å². The molecule has 33 heavy (non-hydrogen) atoms. The zero-order chi connectivity index (χ0) is 25.3. The van der Waals surface area contributed by atoms with Gasteiger partial charge in [0.2, 0.25) is 11.9 Å². The number of rotatable bonds is 15. The van der Waals surface area contributed by atoms with E-state index in [0.717, 1.165) is 25.7 Å². The zero-order valence-electron chi connectivity index (χ0n) is 22.3. The maximum atomic E-state index is 13.6. The highest BCUT2D eigenvalue weighted by Gasteiger charge is 2.25. The van der Waals surface area contributed by atoms with Crippen molar-refractivity contribution < 1.29 is 9.13 Å². The van der Waals surface area contributed by atoms with Gasteiger partial charge in [0.1, 0.15) is 12.7 Å². The Bertz CT molecular complexity index is 659.